The van der Waals surface area contributed by atoms with Crippen LogP contribution in [0.3, 0.4) is 0 Å². The Bertz CT molecular complexity index is 517. The number of aryl methyl sites for hydroxylation is 2. The van der Waals surface area contributed by atoms with E-state index in [-0.39, 0.29) is 17.1 Å². The third-order valence-electron chi connectivity index (χ3n) is 2.47. The monoisotopic (exact) mass is 256 g/mol. The summed E-state index contributed by atoms with van der Waals surface area (Å²) >= 11 is 0. The van der Waals surface area contributed by atoms with Crippen molar-refractivity contribution >= 4 is 15.8 Å². The van der Waals surface area contributed by atoms with E-state index < -0.39 is 15.8 Å². The molecule has 17 heavy (non-hydrogen) atoms. The highest BCUT2D eigenvalue weighted by molar-refractivity contribution is 7.91. The van der Waals surface area contributed by atoms with Crippen molar-refractivity contribution in [2.75, 3.05) is 12.9 Å². The van der Waals surface area contributed by atoms with Crippen molar-refractivity contribution in [1.82, 2.24) is 0 Å². The summed E-state index contributed by atoms with van der Waals surface area (Å²) in [5, 5.41) is 0. The molecule has 0 spiro atoms. The quantitative estimate of drug-likeness (QED) is 0.768. The molecule has 0 fully saturated rings. The zero-order chi connectivity index (χ0) is 13.1. The molecule has 0 aliphatic carbocycles. The lowest BCUT2D eigenvalue weighted by molar-refractivity contribution is -0.140. The predicted octanol–water partition coefficient (Wildman–Crippen LogP) is 1.64. The third kappa shape index (κ3) is 3.56. The molecule has 5 heteroatoms. The SMILES string of the molecule is COC(=O)CCS(=O)(=O)c1ccc(C)cc1C. The van der Waals surface area contributed by atoms with Crippen LogP contribution < -0.4 is 0 Å². The van der Waals surface area contributed by atoms with E-state index in [4.69, 9.17) is 0 Å². The van der Waals surface area contributed by atoms with Crippen molar-refractivity contribution in [1.29, 1.82) is 0 Å². The Morgan fingerprint density at radius 3 is 2.47 bits per heavy atom. The highest BCUT2D eigenvalue weighted by Gasteiger charge is 2.18. The second-order valence-electron chi connectivity index (χ2n) is 3.91. The molecular formula is C12H16O4S. The Morgan fingerprint density at radius 1 is 1.29 bits per heavy atom. The molecule has 0 saturated carbocycles. The van der Waals surface area contributed by atoms with Gasteiger partial charge in [-0.1, -0.05) is 17.7 Å². The molecule has 4 nitrogen and oxygen atoms in total. The Hall–Kier alpha value is -1.36. The number of carbonyl (C=O) groups is 1. The number of carbonyl (C=O) groups excluding carboxylic acids is 1. The lowest BCUT2D eigenvalue weighted by atomic mass is 10.2. The Kier molecular flexibility index (Phi) is 4.28. The number of methoxy groups -OCH3 is 1. The van der Waals surface area contributed by atoms with Crippen molar-refractivity contribution in [2.45, 2.75) is 25.2 Å². The summed E-state index contributed by atoms with van der Waals surface area (Å²) < 4.78 is 28.4. The number of hydrogen-bond acceptors (Lipinski definition) is 4. The van der Waals surface area contributed by atoms with Gasteiger partial charge in [0.05, 0.1) is 24.2 Å². The third-order valence-corrected chi connectivity index (χ3v) is 4.34. The summed E-state index contributed by atoms with van der Waals surface area (Å²) in [6.07, 6.45) is -0.119. The molecule has 1 aromatic carbocycles. The molecule has 0 heterocycles. The minimum Gasteiger partial charge on any atom is -0.469 e. The van der Waals surface area contributed by atoms with Crippen molar-refractivity contribution in [3.8, 4) is 0 Å². The standard InChI is InChI=1S/C12H16O4S/c1-9-4-5-11(10(2)8-9)17(14,15)7-6-12(13)16-3/h4-5,8H,6-7H2,1-3H3. The molecular weight excluding hydrogens is 240 g/mol. The summed E-state index contributed by atoms with van der Waals surface area (Å²) in [7, 11) is -2.17. The van der Waals surface area contributed by atoms with Gasteiger partial charge in [-0.05, 0) is 25.5 Å². The van der Waals surface area contributed by atoms with Gasteiger partial charge in [0, 0.05) is 0 Å². The highest BCUT2D eigenvalue weighted by Crippen LogP contribution is 2.18. The fourth-order valence-corrected chi connectivity index (χ4v) is 3.06. The summed E-state index contributed by atoms with van der Waals surface area (Å²) in [6.45, 7) is 3.65. The van der Waals surface area contributed by atoms with E-state index in [1.165, 1.54) is 7.11 Å². The van der Waals surface area contributed by atoms with E-state index >= 15 is 0 Å². The smallest absolute Gasteiger partial charge is 0.306 e. The number of benzene rings is 1. The number of hydrogen-bond donors (Lipinski definition) is 0. The van der Waals surface area contributed by atoms with Gasteiger partial charge in [0.15, 0.2) is 9.84 Å². The molecule has 0 N–H and O–H groups in total. The first kappa shape index (κ1) is 13.7. The average Bonchev–Trinajstić information content (AvgIpc) is 2.25. The van der Waals surface area contributed by atoms with E-state index in [1.807, 2.05) is 13.0 Å². The number of rotatable bonds is 4. The van der Waals surface area contributed by atoms with Crippen LogP contribution in [-0.4, -0.2) is 27.2 Å². The van der Waals surface area contributed by atoms with Gasteiger partial charge in [0.25, 0.3) is 0 Å². The van der Waals surface area contributed by atoms with Crippen LogP contribution in [0.25, 0.3) is 0 Å². The summed E-state index contributed by atoms with van der Waals surface area (Å²) in [6, 6.07) is 5.14. The molecule has 0 bridgehead atoms. The second-order valence-corrected chi connectivity index (χ2v) is 5.99. The van der Waals surface area contributed by atoms with Crippen LogP contribution in [-0.2, 0) is 19.4 Å². The lowest BCUT2D eigenvalue weighted by Crippen LogP contribution is -2.13. The minimum absolute atomic E-state index is 0.119. The maximum atomic E-state index is 12.0. The van der Waals surface area contributed by atoms with Gasteiger partial charge in [-0.3, -0.25) is 4.79 Å². The van der Waals surface area contributed by atoms with Crippen LogP contribution in [0.2, 0.25) is 0 Å². The first-order chi connectivity index (χ1) is 7.86. The molecule has 0 atom stereocenters. The second kappa shape index (κ2) is 5.31. The van der Waals surface area contributed by atoms with E-state index in [0.29, 0.717) is 5.56 Å². The van der Waals surface area contributed by atoms with Crippen LogP contribution in [0.15, 0.2) is 23.1 Å². The van der Waals surface area contributed by atoms with Crippen LogP contribution in [0.4, 0.5) is 0 Å². The fraction of sp³-hybridized carbons (Fsp3) is 0.417. The molecule has 0 amide bonds. The summed E-state index contributed by atoms with van der Waals surface area (Å²) in [5.41, 5.74) is 1.71. The van der Waals surface area contributed by atoms with E-state index in [0.717, 1.165) is 5.56 Å². The van der Waals surface area contributed by atoms with Gasteiger partial charge >= 0.3 is 5.97 Å². The lowest BCUT2D eigenvalue weighted by Gasteiger charge is -2.07. The van der Waals surface area contributed by atoms with Gasteiger partial charge in [-0.2, -0.15) is 0 Å². The minimum atomic E-state index is -3.41. The van der Waals surface area contributed by atoms with Gasteiger partial charge < -0.3 is 4.74 Å². The predicted molar refractivity (Wildman–Crippen MR) is 64.6 cm³/mol. The summed E-state index contributed by atoms with van der Waals surface area (Å²) in [5.74, 6) is -0.734. The summed E-state index contributed by atoms with van der Waals surface area (Å²) in [4.78, 5) is 11.2. The van der Waals surface area contributed by atoms with Gasteiger partial charge in [-0.15, -0.1) is 0 Å². The molecule has 1 aromatic rings. The van der Waals surface area contributed by atoms with Gasteiger partial charge in [0.2, 0.25) is 0 Å². The number of ether oxygens (including phenoxy) is 1. The van der Waals surface area contributed by atoms with Crippen molar-refractivity contribution in [3.63, 3.8) is 0 Å². The van der Waals surface area contributed by atoms with Crippen molar-refractivity contribution in [2.24, 2.45) is 0 Å². The van der Waals surface area contributed by atoms with Crippen molar-refractivity contribution in [3.05, 3.63) is 29.3 Å². The van der Waals surface area contributed by atoms with Crippen LogP contribution in [0.5, 0.6) is 0 Å². The van der Waals surface area contributed by atoms with E-state index in [1.54, 1.807) is 19.1 Å². The van der Waals surface area contributed by atoms with Crippen LogP contribution >= 0.6 is 0 Å². The van der Waals surface area contributed by atoms with Crippen LogP contribution in [0.1, 0.15) is 17.5 Å². The first-order valence-corrected chi connectivity index (χ1v) is 6.89. The largest absolute Gasteiger partial charge is 0.469 e. The van der Waals surface area contributed by atoms with Crippen LogP contribution in [0, 0.1) is 13.8 Å². The maximum Gasteiger partial charge on any atom is 0.306 e. The topological polar surface area (TPSA) is 60.4 Å². The highest BCUT2D eigenvalue weighted by atomic mass is 32.2. The Labute approximate surface area is 102 Å². The molecule has 0 aliphatic heterocycles. The number of esters is 1. The Balaban J connectivity index is 2.94. The van der Waals surface area contributed by atoms with Gasteiger partial charge in [-0.25, -0.2) is 8.42 Å². The molecule has 0 aliphatic rings. The Morgan fingerprint density at radius 2 is 1.94 bits per heavy atom. The van der Waals surface area contributed by atoms with E-state index in [2.05, 4.69) is 4.74 Å². The zero-order valence-electron chi connectivity index (χ0n) is 10.2. The fourth-order valence-electron chi connectivity index (χ4n) is 1.58. The first-order valence-electron chi connectivity index (χ1n) is 5.23. The maximum absolute atomic E-state index is 12.0. The molecule has 0 saturated heterocycles. The molecule has 1 rings (SSSR count). The average molecular weight is 256 g/mol. The van der Waals surface area contributed by atoms with Crippen molar-refractivity contribution < 1.29 is 17.9 Å². The molecule has 94 valence electrons. The normalized spacial score (nSPS) is 11.2. The van der Waals surface area contributed by atoms with Gasteiger partial charge in [0.1, 0.15) is 0 Å². The molecule has 0 unspecified atom stereocenters. The molecule has 0 aromatic heterocycles. The van der Waals surface area contributed by atoms with E-state index in [9.17, 15) is 13.2 Å². The zero-order valence-corrected chi connectivity index (χ0v) is 11.0. The number of sulfone groups is 1. The molecule has 0 radical (unpaired) electrons.